The summed E-state index contributed by atoms with van der Waals surface area (Å²) in [6, 6.07) is 7.02. The molecule has 0 atom stereocenters. The van der Waals surface area contributed by atoms with Crippen molar-refractivity contribution < 1.29 is 8.42 Å². The van der Waals surface area contributed by atoms with Gasteiger partial charge in [0.25, 0.3) is 0 Å². The van der Waals surface area contributed by atoms with Gasteiger partial charge in [-0.05, 0) is 17.1 Å². The number of allylic oxidation sites excluding steroid dienone is 2. The van der Waals surface area contributed by atoms with Crippen LogP contribution in [0.5, 0.6) is 0 Å². The molecule has 1 aromatic rings. The molecule has 0 amide bonds. The summed E-state index contributed by atoms with van der Waals surface area (Å²) in [5.41, 5.74) is 1.14. The molecule has 0 spiro atoms. The Balaban J connectivity index is 2.72. The van der Waals surface area contributed by atoms with Crippen LogP contribution in [0.25, 0.3) is 5.57 Å². The van der Waals surface area contributed by atoms with E-state index in [-0.39, 0.29) is 5.41 Å². The summed E-state index contributed by atoms with van der Waals surface area (Å²) in [5, 5.41) is 0. The van der Waals surface area contributed by atoms with Gasteiger partial charge in [-0.25, -0.2) is 8.42 Å². The fourth-order valence-electron chi connectivity index (χ4n) is 1.92. The van der Waals surface area contributed by atoms with Crippen LogP contribution in [0.15, 0.2) is 46.7 Å². The molecule has 0 fully saturated rings. The van der Waals surface area contributed by atoms with Crippen LogP contribution in [-0.2, 0) is 9.84 Å². The summed E-state index contributed by atoms with van der Waals surface area (Å²) in [5.74, 6) is 0. The molecule has 0 aliphatic carbocycles. The third-order valence-electron chi connectivity index (χ3n) is 2.65. The van der Waals surface area contributed by atoms with Crippen molar-refractivity contribution in [3.05, 3.63) is 47.4 Å². The molecule has 0 radical (unpaired) electrons. The van der Waals surface area contributed by atoms with E-state index in [1.165, 1.54) is 0 Å². The van der Waals surface area contributed by atoms with Crippen LogP contribution in [-0.4, -0.2) is 8.42 Å². The second kappa shape index (κ2) is 3.57. The van der Waals surface area contributed by atoms with Crippen LogP contribution in [0.4, 0.5) is 0 Å². The van der Waals surface area contributed by atoms with E-state index in [2.05, 4.69) is 6.58 Å². The molecule has 0 unspecified atom stereocenters. The third-order valence-corrected chi connectivity index (χ3v) is 4.53. The topological polar surface area (TPSA) is 34.1 Å². The summed E-state index contributed by atoms with van der Waals surface area (Å²) >= 11 is 0. The van der Waals surface area contributed by atoms with Gasteiger partial charge in [-0.15, -0.1) is 0 Å². The minimum Gasteiger partial charge on any atom is -0.218 e. The Morgan fingerprint density at radius 3 is 2.29 bits per heavy atom. The molecule has 0 aromatic heterocycles. The van der Waals surface area contributed by atoms with Crippen LogP contribution >= 0.6 is 0 Å². The molecule has 0 saturated heterocycles. The number of hydrogen-bond acceptors (Lipinski definition) is 2. The normalized spacial score (nSPS) is 20.6. The summed E-state index contributed by atoms with van der Waals surface area (Å²) in [6.07, 6.45) is 1.78. The van der Waals surface area contributed by atoms with Crippen LogP contribution in [0.1, 0.15) is 26.3 Å². The van der Waals surface area contributed by atoms with E-state index in [9.17, 15) is 8.42 Å². The van der Waals surface area contributed by atoms with Crippen molar-refractivity contribution in [2.24, 2.45) is 5.41 Å². The molecule has 2 rings (SSSR count). The Morgan fingerprint density at radius 2 is 1.76 bits per heavy atom. The quantitative estimate of drug-likeness (QED) is 0.705. The van der Waals surface area contributed by atoms with Gasteiger partial charge in [0, 0.05) is 5.56 Å². The first-order chi connectivity index (χ1) is 7.73. The predicted molar refractivity (Wildman–Crippen MR) is 70.2 cm³/mol. The maximum absolute atomic E-state index is 12.3. The Kier molecular flexibility index (Phi) is 2.54. The van der Waals surface area contributed by atoms with Crippen molar-refractivity contribution in [1.82, 2.24) is 0 Å². The highest BCUT2D eigenvalue weighted by molar-refractivity contribution is 7.96. The molecule has 2 nitrogen and oxygen atoms in total. The Hall–Kier alpha value is -1.35. The highest BCUT2D eigenvalue weighted by atomic mass is 32.2. The molecule has 1 aliphatic heterocycles. The Labute approximate surface area is 103 Å². The minimum absolute atomic E-state index is 0.187. The first-order valence-electron chi connectivity index (χ1n) is 5.50. The summed E-state index contributed by atoms with van der Waals surface area (Å²) < 4.78 is 24.7. The zero-order valence-electron chi connectivity index (χ0n) is 10.3. The average Bonchev–Trinajstić information content (AvgIpc) is 2.39. The fraction of sp³-hybridized carbons (Fsp3) is 0.286. The molecule has 1 aliphatic rings. The number of fused-ring (bicyclic) bond motifs is 1. The van der Waals surface area contributed by atoms with Gasteiger partial charge in [-0.3, -0.25) is 0 Å². The van der Waals surface area contributed by atoms with Gasteiger partial charge < -0.3 is 0 Å². The molecule has 0 bridgehead atoms. The van der Waals surface area contributed by atoms with Gasteiger partial charge in [-0.2, -0.15) is 0 Å². The van der Waals surface area contributed by atoms with Crippen molar-refractivity contribution >= 4 is 15.4 Å². The van der Waals surface area contributed by atoms with E-state index < -0.39 is 9.84 Å². The van der Waals surface area contributed by atoms with Crippen molar-refractivity contribution in [3.8, 4) is 0 Å². The summed E-state index contributed by atoms with van der Waals surface area (Å²) in [6.45, 7) is 9.84. The molecule has 90 valence electrons. The fourth-order valence-corrected chi connectivity index (χ4v) is 3.84. The minimum atomic E-state index is -3.37. The van der Waals surface area contributed by atoms with Gasteiger partial charge in [0.1, 0.15) is 0 Å². The zero-order chi connectivity index (χ0) is 12.8. The second-order valence-corrected chi connectivity index (χ2v) is 7.24. The maximum atomic E-state index is 12.3. The van der Waals surface area contributed by atoms with Crippen LogP contribution in [0.3, 0.4) is 0 Å². The van der Waals surface area contributed by atoms with E-state index in [1.54, 1.807) is 24.3 Å². The smallest absolute Gasteiger partial charge is 0.207 e. The molecule has 1 aromatic carbocycles. The van der Waals surface area contributed by atoms with Gasteiger partial charge in [0.15, 0.2) is 0 Å². The van der Waals surface area contributed by atoms with E-state index >= 15 is 0 Å². The Bertz CT molecular complexity index is 614. The monoisotopic (exact) mass is 248 g/mol. The molecule has 0 saturated carbocycles. The first-order valence-corrected chi connectivity index (χ1v) is 6.98. The molecule has 1 heterocycles. The molecule has 3 heteroatoms. The van der Waals surface area contributed by atoms with E-state index in [1.807, 2.05) is 26.8 Å². The second-order valence-electron chi connectivity index (χ2n) is 5.35. The largest absolute Gasteiger partial charge is 0.218 e. The molecular weight excluding hydrogens is 232 g/mol. The molecule has 17 heavy (non-hydrogen) atoms. The van der Waals surface area contributed by atoms with Crippen LogP contribution in [0, 0.1) is 5.41 Å². The van der Waals surface area contributed by atoms with Gasteiger partial charge in [0.2, 0.25) is 9.84 Å². The maximum Gasteiger partial charge on any atom is 0.207 e. The lowest BCUT2D eigenvalue weighted by molar-refractivity contribution is 0.541. The van der Waals surface area contributed by atoms with Crippen LogP contribution < -0.4 is 0 Å². The SMILES string of the molecule is C=C1/C(=C/C(C)(C)C)S(=O)(=O)c2ccccc21. The average molecular weight is 248 g/mol. The molecular formula is C14H16O2S. The highest BCUT2D eigenvalue weighted by Gasteiger charge is 2.35. The zero-order valence-corrected chi connectivity index (χ0v) is 11.1. The number of sulfone groups is 1. The van der Waals surface area contributed by atoms with E-state index in [0.29, 0.717) is 15.4 Å². The number of benzene rings is 1. The van der Waals surface area contributed by atoms with Gasteiger partial charge in [0.05, 0.1) is 9.80 Å². The number of rotatable bonds is 0. The van der Waals surface area contributed by atoms with Crippen LogP contribution in [0.2, 0.25) is 0 Å². The lowest BCUT2D eigenvalue weighted by Crippen LogP contribution is -2.05. The highest BCUT2D eigenvalue weighted by Crippen LogP contribution is 2.43. The van der Waals surface area contributed by atoms with Crippen molar-refractivity contribution in [1.29, 1.82) is 0 Å². The van der Waals surface area contributed by atoms with Crippen molar-refractivity contribution in [3.63, 3.8) is 0 Å². The first kappa shape index (κ1) is 12.1. The van der Waals surface area contributed by atoms with Crippen molar-refractivity contribution in [2.45, 2.75) is 25.7 Å². The predicted octanol–water partition coefficient (Wildman–Crippen LogP) is 3.42. The lowest BCUT2D eigenvalue weighted by atomic mass is 9.94. The standard InChI is InChI=1S/C14H16O2S/c1-10-11-7-5-6-8-12(11)17(15,16)13(10)9-14(2,3)4/h5-9H,1H2,2-4H3/b13-9-. The van der Waals surface area contributed by atoms with Gasteiger partial charge >= 0.3 is 0 Å². The molecule has 0 N–H and O–H groups in total. The van der Waals surface area contributed by atoms with Crippen molar-refractivity contribution in [2.75, 3.05) is 0 Å². The summed E-state index contributed by atoms with van der Waals surface area (Å²) in [4.78, 5) is 0.728. The lowest BCUT2D eigenvalue weighted by Gasteiger charge is -2.13. The van der Waals surface area contributed by atoms with Gasteiger partial charge in [-0.1, -0.05) is 51.6 Å². The summed E-state index contributed by atoms with van der Waals surface area (Å²) in [7, 11) is -3.37. The van der Waals surface area contributed by atoms with E-state index in [0.717, 1.165) is 5.56 Å². The van der Waals surface area contributed by atoms with E-state index in [4.69, 9.17) is 0 Å². The number of hydrogen-bond donors (Lipinski definition) is 0. The Morgan fingerprint density at radius 1 is 1.18 bits per heavy atom. The third kappa shape index (κ3) is 1.95.